The zero-order chi connectivity index (χ0) is 25.0. The molecule has 0 aliphatic carbocycles. The largest absolute Gasteiger partial charge is 0.437 e. The summed E-state index contributed by atoms with van der Waals surface area (Å²) in [5, 5.41) is 2.08. The van der Waals surface area contributed by atoms with E-state index in [1.165, 1.54) is 0 Å². The molecule has 0 aliphatic rings. The Labute approximate surface area is 206 Å². The molecule has 35 heavy (non-hydrogen) atoms. The molecule has 3 heterocycles. The van der Waals surface area contributed by atoms with Crippen LogP contribution in [0.4, 0.5) is 4.39 Å². The second-order valence-corrected chi connectivity index (χ2v) is 10.2. The van der Waals surface area contributed by atoms with E-state index in [9.17, 15) is 0 Å². The van der Waals surface area contributed by atoms with Gasteiger partial charge in [-0.05, 0) is 77.8 Å². The van der Waals surface area contributed by atoms with Crippen LogP contribution in [0, 0.1) is 19.7 Å². The van der Waals surface area contributed by atoms with Gasteiger partial charge in [0, 0.05) is 28.6 Å². The maximum atomic E-state index is 15.2. The van der Waals surface area contributed by atoms with Crippen LogP contribution in [0.2, 0.25) is 0 Å². The lowest BCUT2D eigenvalue weighted by Crippen LogP contribution is -2.30. The van der Waals surface area contributed by atoms with Crippen LogP contribution in [0.1, 0.15) is 61.9 Å². The molecule has 0 atom stereocenters. The standard InChI is InChI=1S/C31H32FN2O/c1-17(2)25-14-22(15-26(18(3)4)29(25)32)21-12-13-34(7)27(16-21)28-19(5)8-10-23-24-11-9-20(6)33-31(24)35-30(23)28/h8-18H,1-7H3/q+1. The van der Waals surface area contributed by atoms with E-state index < -0.39 is 0 Å². The van der Waals surface area contributed by atoms with Crippen molar-refractivity contribution in [3.63, 3.8) is 0 Å². The first-order valence-electron chi connectivity index (χ1n) is 12.3. The van der Waals surface area contributed by atoms with Crippen LogP contribution in [0.15, 0.2) is 59.1 Å². The van der Waals surface area contributed by atoms with Gasteiger partial charge in [0.2, 0.25) is 11.4 Å². The van der Waals surface area contributed by atoms with Crippen molar-refractivity contribution in [2.45, 2.75) is 53.4 Å². The average Bonchev–Trinajstić information content (AvgIpc) is 3.16. The Hall–Kier alpha value is -3.53. The van der Waals surface area contributed by atoms with Crippen molar-refractivity contribution in [2.75, 3.05) is 0 Å². The third-order valence-electron chi connectivity index (χ3n) is 6.97. The van der Waals surface area contributed by atoms with Crippen LogP contribution >= 0.6 is 0 Å². The molecule has 0 amide bonds. The molecule has 0 fully saturated rings. The quantitative estimate of drug-likeness (QED) is 0.250. The highest BCUT2D eigenvalue weighted by Crippen LogP contribution is 2.38. The molecule has 0 aliphatic heterocycles. The van der Waals surface area contributed by atoms with Crippen LogP contribution in [0.25, 0.3) is 44.5 Å². The normalized spacial score (nSPS) is 11.9. The molecule has 3 aromatic heterocycles. The van der Waals surface area contributed by atoms with E-state index in [4.69, 9.17) is 4.42 Å². The van der Waals surface area contributed by atoms with E-state index in [2.05, 4.69) is 53.0 Å². The van der Waals surface area contributed by atoms with Gasteiger partial charge in [-0.2, -0.15) is 0 Å². The number of nitrogens with zero attached hydrogens (tertiary/aromatic N) is 2. The van der Waals surface area contributed by atoms with Crippen molar-refractivity contribution in [1.29, 1.82) is 0 Å². The lowest BCUT2D eigenvalue weighted by Gasteiger charge is -2.17. The number of aromatic nitrogens is 2. The predicted molar refractivity (Wildman–Crippen MR) is 141 cm³/mol. The predicted octanol–water partition coefficient (Wildman–Crippen LogP) is 8.14. The number of hydrogen-bond donors (Lipinski definition) is 0. The first kappa shape index (κ1) is 23.2. The first-order valence-corrected chi connectivity index (χ1v) is 12.3. The summed E-state index contributed by atoms with van der Waals surface area (Å²) in [6, 6.07) is 16.7. The lowest BCUT2D eigenvalue weighted by molar-refractivity contribution is -0.660. The van der Waals surface area contributed by atoms with Crippen molar-refractivity contribution in [3.8, 4) is 22.4 Å². The van der Waals surface area contributed by atoms with Gasteiger partial charge < -0.3 is 4.42 Å². The summed E-state index contributed by atoms with van der Waals surface area (Å²) in [6.45, 7) is 12.3. The number of halogens is 1. The van der Waals surface area contributed by atoms with E-state index >= 15 is 4.39 Å². The minimum absolute atomic E-state index is 0.0776. The van der Waals surface area contributed by atoms with Gasteiger partial charge >= 0.3 is 0 Å². The van der Waals surface area contributed by atoms with Crippen molar-refractivity contribution >= 4 is 22.1 Å². The van der Waals surface area contributed by atoms with Crippen LogP contribution < -0.4 is 4.57 Å². The molecule has 0 unspecified atom stereocenters. The Morgan fingerprint density at radius 3 is 2.14 bits per heavy atom. The highest BCUT2D eigenvalue weighted by molar-refractivity contribution is 6.08. The van der Waals surface area contributed by atoms with Gasteiger partial charge in [-0.25, -0.2) is 13.9 Å². The summed E-state index contributed by atoms with van der Waals surface area (Å²) in [6.07, 6.45) is 2.07. The number of hydrogen-bond acceptors (Lipinski definition) is 2. The summed E-state index contributed by atoms with van der Waals surface area (Å²) < 4.78 is 23.7. The molecule has 0 saturated carbocycles. The molecule has 0 radical (unpaired) electrons. The number of benzene rings is 2. The van der Waals surface area contributed by atoms with Gasteiger partial charge in [0.15, 0.2) is 11.8 Å². The molecule has 0 bridgehead atoms. The third-order valence-corrected chi connectivity index (χ3v) is 6.97. The molecule has 4 heteroatoms. The van der Waals surface area contributed by atoms with Crippen LogP contribution in [0.3, 0.4) is 0 Å². The number of furan rings is 1. The van der Waals surface area contributed by atoms with Crippen molar-refractivity contribution in [1.82, 2.24) is 4.98 Å². The fourth-order valence-electron chi connectivity index (χ4n) is 4.90. The molecule has 5 rings (SSSR count). The van der Waals surface area contributed by atoms with E-state index in [0.717, 1.165) is 61.1 Å². The fourth-order valence-corrected chi connectivity index (χ4v) is 4.90. The molecule has 0 saturated heterocycles. The number of rotatable bonds is 4. The average molecular weight is 468 g/mol. The van der Waals surface area contributed by atoms with Crippen molar-refractivity contribution in [2.24, 2.45) is 7.05 Å². The highest BCUT2D eigenvalue weighted by atomic mass is 19.1. The topological polar surface area (TPSA) is 29.9 Å². The summed E-state index contributed by atoms with van der Waals surface area (Å²) in [5.74, 6) is 0.134. The Morgan fingerprint density at radius 1 is 0.829 bits per heavy atom. The SMILES string of the molecule is Cc1ccc2c(n1)oc1c(-c3cc(-c4cc(C(C)C)c(F)c(C(C)C)c4)cc[n+]3C)c(C)ccc12. The Kier molecular flexibility index (Phi) is 5.71. The summed E-state index contributed by atoms with van der Waals surface area (Å²) in [5.41, 5.74) is 9.28. The van der Waals surface area contributed by atoms with E-state index in [1.54, 1.807) is 0 Å². The maximum Gasteiger partial charge on any atom is 0.227 e. The van der Waals surface area contributed by atoms with Gasteiger partial charge in [0.25, 0.3) is 0 Å². The van der Waals surface area contributed by atoms with Gasteiger partial charge in [0.05, 0.1) is 5.56 Å². The summed E-state index contributed by atoms with van der Waals surface area (Å²) >= 11 is 0. The molecular weight excluding hydrogens is 435 g/mol. The zero-order valence-corrected chi connectivity index (χ0v) is 21.5. The van der Waals surface area contributed by atoms with Crippen LogP contribution in [0.5, 0.6) is 0 Å². The monoisotopic (exact) mass is 467 g/mol. The third kappa shape index (κ3) is 3.91. The Bertz CT molecular complexity index is 1560. The van der Waals surface area contributed by atoms with Gasteiger partial charge in [0.1, 0.15) is 12.9 Å². The smallest absolute Gasteiger partial charge is 0.227 e. The number of aryl methyl sites for hydroxylation is 3. The minimum Gasteiger partial charge on any atom is -0.437 e. The highest BCUT2D eigenvalue weighted by Gasteiger charge is 2.23. The Morgan fingerprint density at radius 2 is 1.49 bits per heavy atom. The first-order chi connectivity index (χ1) is 16.7. The van der Waals surface area contributed by atoms with Crippen LogP contribution in [-0.4, -0.2) is 4.98 Å². The van der Waals surface area contributed by atoms with Crippen molar-refractivity contribution in [3.05, 3.63) is 82.9 Å². The van der Waals surface area contributed by atoms with E-state index in [1.807, 2.05) is 59.9 Å². The molecule has 178 valence electrons. The molecule has 2 aromatic carbocycles. The molecular formula is C31H32FN2O+. The van der Waals surface area contributed by atoms with E-state index in [-0.39, 0.29) is 17.7 Å². The summed E-state index contributed by atoms with van der Waals surface area (Å²) in [4.78, 5) is 4.62. The molecule has 0 N–H and O–H groups in total. The number of pyridine rings is 2. The lowest BCUT2D eigenvalue weighted by atomic mass is 9.89. The van der Waals surface area contributed by atoms with Gasteiger partial charge in [-0.1, -0.05) is 39.8 Å². The Balaban J connectivity index is 1.76. The minimum atomic E-state index is -0.0776. The molecule has 3 nitrogen and oxygen atoms in total. The van der Waals surface area contributed by atoms with Crippen LogP contribution in [-0.2, 0) is 7.05 Å². The maximum absolute atomic E-state index is 15.2. The van der Waals surface area contributed by atoms with Gasteiger partial charge in [-0.15, -0.1) is 0 Å². The fraction of sp³-hybridized carbons (Fsp3) is 0.290. The zero-order valence-electron chi connectivity index (χ0n) is 21.5. The van der Waals surface area contributed by atoms with Crippen molar-refractivity contribution < 1.29 is 13.4 Å². The second kappa shape index (κ2) is 8.60. The number of fused-ring (bicyclic) bond motifs is 3. The molecule has 5 aromatic rings. The van der Waals surface area contributed by atoms with Gasteiger partial charge in [-0.3, -0.25) is 0 Å². The van der Waals surface area contributed by atoms with E-state index in [0.29, 0.717) is 5.71 Å². The summed E-state index contributed by atoms with van der Waals surface area (Å²) in [7, 11) is 2.05. The molecule has 0 spiro atoms. The second-order valence-electron chi connectivity index (χ2n) is 10.2.